The van der Waals surface area contributed by atoms with Crippen LogP contribution in [0.25, 0.3) is 0 Å². The number of carbonyl (C=O) groups excluding carboxylic acids is 3. The van der Waals surface area contributed by atoms with Crippen LogP contribution in [0.15, 0.2) is 47.1 Å². The van der Waals surface area contributed by atoms with Crippen molar-refractivity contribution in [3.8, 4) is 28.7 Å². The number of Topliss-reactive ketones (excluding diaryl/α,β-unsaturated/α-hetero) is 1. The number of anilines is 1. The number of ketones is 1. The zero-order chi connectivity index (χ0) is 29.8. The van der Waals surface area contributed by atoms with Crippen LogP contribution >= 0.6 is 0 Å². The highest BCUT2D eigenvalue weighted by molar-refractivity contribution is 6.13. The Morgan fingerprint density at radius 1 is 0.929 bits per heavy atom. The third kappa shape index (κ3) is 5.59. The molecule has 2 heterocycles. The van der Waals surface area contributed by atoms with Gasteiger partial charge in [0.25, 0.3) is 5.91 Å². The summed E-state index contributed by atoms with van der Waals surface area (Å²) in [6.07, 6.45) is 6.10. The molecule has 1 aromatic heterocycles. The Hall–Kier alpha value is -4.67. The van der Waals surface area contributed by atoms with Gasteiger partial charge in [0.15, 0.2) is 34.5 Å². The van der Waals surface area contributed by atoms with Gasteiger partial charge in [0, 0.05) is 17.7 Å². The molecule has 1 N–H and O–H groups in total. The number of methoxy groups -OCH3 is 3. The first-order chi connectivity index (χ1) is 20.4. The fourth-order valence-corrected chi connectivity index (χ4v) is 5.50. The lowest BCUT2D eigenvalue weighted by molar-refractivity contribution is -0.123. The Morgan fingerprint density at radius 2 is 1.60 bits per heavy atom. The van der Waals surface area contributed by atoms with Crippen molar-refractivity contribution in [2.45, 2.75) is 51.1 Å². The SMILES string of the molecule is COc1cc([C@@H](C(=O)NC2CCCCC2)N(C(=O)c2ccco2)c2cc3c(cc2C(C)=O)OCO3)cc(OC)c1OC. The molecule has 2 amide bonds. The number of hydrogen-bond donors (Lipinski definition) is 1. The summed E-state index contributed by atoms with van der Waals surface area (Å²) >= 11 is 0. The third-order valence-corrected chi connectivity index (χ3v) is 7.54. The molecule has 0 saturated heterocycles. The molecule has 1 aliphatic heterocycles. The zero-order valence-corrected chi connectivity index (χ0v) is 24.1. The molecule has 2 aromatic carbocycles. The third-order valence-electron chi connectivity index (χ3n) is 7.54. The predicted molar refractivity (Wildman–Crippen MR) is 152 cm³/mol. The van der Waals surface area contributed by atoms with E-state index in [1.165, 1.54) is 51.5 Å². The number of fused-ring (bicyclic) bond motifs is 1. The largest absolute Gasteiger partial charge is 0.493 e. The Balaban J connectivity index is 1.75. The van der Waals surface area contributed by atoms with Crippen molar-refractivity contribution in [2.24, 2.45) is 0 Å². The van der Waals surface area contributed by atoms with E-state index in [2.05, 4.69) is 5.32 Å². The van der Waals surface area contributed by atoms with Gasteiger partial charge in [-0.2, -0.15) is 0 Å². The molecule has 0 radical (unpaired) electrons. The monoisotopic (exact) mass is 578 g/mol. The van der Waals surface area contributed by atoms with Gasteiger partial charge in [0.2, 0.25) is 18.4 Å². The first-order valence-electron chi connectivity index (χ1n) is 13.8. The lowest BCUT2D eigenvalue weighted by atomic mass is 9.94. The number of nitrogens with one attached hydrogen (secondary N) is 1. The van der Waals surface area contributed by atoms with E-state index in [4.69, 9.17) is 28.1 Å². The van der Waals surface area contributed by atoms with Gasteiger partial charge in [-0.1, -0.05) is 19.3 Å². The molecular formula is C31H34N2O9. The molecule has 11 nitrogen and oxygen atoms in total. The molecule has 5 rings (SSSR count). The van der Waals surface area contributed by atoms with Gasteiger partial charge in [-0.25, -0.2) is 0 Å². The molecule has 0 bridgehead atoms. The van der Waals surface area contributed by atoms with Gasteiger partial charge in [-0.15, -0.1) is 0 Å². The second-order valence-electron chi connectivity index (χ2n) is 10.1. The molecule has 11 heteroatoms. The van der Waals surface area contributed by atoms with E-state index in [0.717, 1.165) is 32.1 Å². The van der Waals surface area contributed by atoms with Crippen molar-refractivity contribution < 1.29 is 42.5 Å². The smallest absolute Gasteiger partial charge is 0.294 e. The first kappa shape index (κ1) is 28.8. The Kier molecular flexibility index (Phi) is 8.56. The van der Waals surface area contributed by atoms with Gasteiger partial charge in [0.05, 0.1) is 33.3 Å². The number of nitrogens with zero attached hydrogens (tertiary/aromatic N) is 1. The molecule has 1 aliphatic carbocycles. The van der Waals surface area contributed by atoms with Crippen LogP contribution in [0.2, 0.25) is 0 Å². The summed E-state index contributed by atoms with van der Waals surface area (Å²) in [5.41, 5.74) is 0.692. The lowest BCUT2D eigenvalue weighted by Crippen LogP contribution is -2.47. The van der Waals surface area contributed by atoms with Crippen molar-refractivity contribution >= 4 is 23.3 Å². The quantitative estimate of drug-likeness (QED) is 0.328. The van der Waals surface area contributed by atoms with Crippen molar-refractivity contribution in [3.05, 3.63) is 59.5 Å². The van der Waals surface area contributed by atoms with Crippen LogP contribution in [-0.2, 0) is 4.79 Å². The van der Waals surface area contributed by atoms with E-state index in [-0.39, 0.29) is 35.6 Å². The maximum Gasteiger partial charge on any atom is 0.294 e. The van der Waals surface area contributed by atoms with E-state index in [0.29, 0.717) is 34.3 Å². The summed E-state index contributed by atoms with van der Waals surface area (Å²) in [5, 5.41) is 3.16. The van der Waals surface area contributed by atoms with E-state index in [1.807, 2.05) is 0 Å². The maximum absolute atomic E-state index is 14.4. The van der Waals surface area contributed by atoms with Gasteiger partial charge in [-0.05, 0) is 55.7 Å². The summed E-state index contributed by atoms with van der Waals surface area (Å²) in [4.78, 5) is 42.9. The Labute approximate surface area is 243 Å². The van der Waals surface area contributed by atoms with E-state index >= 15 is 0 Å². The number of ether oxygens (including phenoxy) is 5. The van der Waals surface area contributed by atoms with Gasteiger partial charge >= 0.3 is 0 Å². The lowest BCUT2D eigenvalue weighted by Gasteiger charge is -2.34. The highest BCUT2D eigenvalue weighted by atomic mass is 16.7. The summed E-state index contributed by atoms with van der Waals surface area (Å²) < 4.78 is 33.3. The minimum Gasteiger partial charge on any atom is -0.493 e. The maximum atomic E-state index is 14.4. The molecule has 0 spiro atoms. The number of rotatable bonds is 10. The summed E-state index contributed by atoms with van der Waals surface area (Å²) in [6, 6.07) is 8.03. The van der Waals surface area contributed by atoms with Crippen LogP contribution in [0, 0.1) is 0 Å². The predicted octanol–water partition coefficient (Wildman–Crippen LogP) is 5.07. The van der Waals surface area contributed by atoms with Crippen molar-refractivity contribution in [1.29, 1.82) is 0 Å². The van der Waals surface area contributed by atoms with Crippen molar-refractivity contribution in [3.63, 3.8) is 0 Å². The highest BCUT2D eigenvalue weighted by Gasteiger charge is 2.39. The number of amides is 2. The standard InChI is InChI=1S/C31H34N2O9/c1-18(34)21-15-24-25(42-17-41-24)16-22(21)33(31(36)23-11-8-12-40-23)28(30(35)32-20-9-6-5-7-10-20)19-13-26(37-2)29(39-4)27(14-19)38-3/h8,11-16,20,28H,5-7,9-10,17H2,1-4H3,(H,32,35)/t28-/m0/s1. The van der Waals surface area contributed by atoms with Gasteiger partial charge in [-0.3, -0.25) is 19.3 Å². The number of hydrogen-bond acceptors (Lipinski definition) is 9. The van der Waals surface area contributed by atoms with Crippen LogP contribution in [0.4, 0.5) is 5.69 Å². The van der Waals surface area contributed by atoms with Crippen LogP contribution < -0.4 is 33.9 Å². The van der Waals surface area contributed by atoms with E-state index < -0.39 is 17.9 Å². The number of carbonyl (C=O) groups is 3. The van der Waals surface area contributed by atoms with Crippen LogP contribution in [0.5, 0.6) is 28.7 Å². The highest BCUT2D eigenvalue weighted by Crippen LogP contribution is 2.45. The van der Waals surface area contributed by atoms with Gasteiger partial charge in [0.1, 0.15) is 6.04 Å². The topological polar surface area (TPSA) is 126 Å². The fourth-order valence-electron chi connectivity index (χ4n) is 5.50. The molecule has 42 heavy (non-hydrogen) atoms. The minimum absolute atomic E-state index is 0.0231. The van der Waals surface area contributed by atoms with Gasteiger partial charge < -0.3 is 33.4 Å². The molecule has 1 saturated carbocycles. The van der Waals surface area contributed by atoms with E-state index in [1.54, 1.807) is 24.3 Å². The summed E-state index contributed by atoms with van der Waals surface area (Å²) in [6.45, 7) is 1.34. The van der Waals surface area contributed by atoms with E-state index in [9.17, 15) is 14.4 Å². The zero-order valence-electron chi connectivity index (χ0n) is 24.1. The molecule has 3 aromatic rings. The van der Waals surface area contributed by atoms with Crippen molar-refractivity contribution in [2.75, 3.05) is 33.0 Å². The second-order valence-corrected chi connectivity index (χ2v) is 10.1. The second kappa shape index (κ2) is 12.5. The fraction of sp³-hybridized carbons (Fsp3) is 0.387. The average molecular weight is 579 g/mol. The number of furan rings is 1. The summed E-state index contributed by atoms with van der Waals surface area (Å²) in [7, 11) is 4.41. The molecular weight excluding hydrogens is 544 g/mol. The minimum atomic E-state index is -1.28. The molecule has 2 aliphatic rings. The van der Waals surface area contributed by atoms with Crippen LogP contribution in [0.3, 0.4) is 0 Å². The number of benzene rings is 2. The first-order valence-corrected chi connectivity index (χ1v) is 13.8. The average Bonchev–Trinajstić information content (AvgIpc) is 3.71. The Morgan fingerprint density at radius 3 is 2.17 bits per heavy atom. The Bertz CT molecular complexity index is 1440. The molecule has 0 unspecified atom stereocenters. The van der Waals surface area contributed by atoms with Crippen molar-refractivity contribution in [1.82, 2.24) is 5.32 Å². The van der Waals surface area contributed by atoms with Crippen LogP contribution in [-0.4, -0.2) is 51.8 Å². The molecule has 1 fully saturated rings. The van der Waals surface area contributed by atoms with Crippen LogP contribution in [0.1, 0.15) is 71.5 Å². The molecule has 1 atom stereocenters. The summed E-state index contributed by atoms with van der Waals surface area (Å²) in [5.74, 6) is 0.181. The molecule has 222 valence electrons. The normalized spacial score (nSPS) is 15.0.